The minimum Gasteiger partial charge on any atom is -0.369 e. The summed E-state index contributed by atoms with van der Waals surface area (Å²) in [5.74, 6) is 1.73. The molecule has 0 atom stereocenters. The molecule has 3 aromatic heterocycles. The molecule has 2 aliphatic rings. The van der Waals surface area contributed by atoms with Gasteiger partial charge in [-0.2, -0.15) is 0 Å². The predicted octanol–water partition coefficient (Wildman–Crippen LogP) is 3.60. The van der Waals surface area contributed by atoms with Crippen LogP contribution in [0.3, 0.4) is 0 Å². The van der Waals surface area contributed by atoms with Gasteiger partial charge in [0.2, 0.25) is 0 Å². The summed E-state index contributed by atoms with van der Waals surface area (Å²) in [4.78, 5) is 22.9. The second-order valence-electron chi connectivity index (χ2n) is 9.77. The Morgan fingerprint density at radius 3 is 2.53 bits per heavy atom. The molecule has 36 heavy (non-hydrogen) atoms. The number of pyridine rings is 1. The number of benzene rings is 1. The van der Waals surface area contributed by atoms with Gasteiger partial charge in [0.1, 0.15) is 17.1 Å². The van der Waals surface area contributed by atoms with Gasteiger partial charge in [-0.15, -0.1) is 0 Å². The Bertz CT molecular complexity index is 1350. The van der Waals surface area contributed by atoms with E-state index in [1.165, 1.54) is 11.4 Å². The molecule has 2 fully saturated rings. The molecule has 4 aromatic rings. The molecule has 1 N–H and O–H groups in total. The van der Waals surface area contributed by atoms with Crippen LogP contribution in [0.4, 0.5) is 11.4 Å². The van der Waals surface area contributed by atoms with E-state index in [0.29, 0.717) is 0 Å². The summed E-state index contributed by atoms with van der Waals surface area (Å²) in [5, 5.41) is 4.15. The zero-order chi connectivity index (χ0) is 24.6. The van der Waals surface area contributed by atoms with E-state index in [2.05, 4.69) is 88.6 Å². The monoisotopic (exact) mass is 598 g/mol. The number of imidazole rings is 1. The smallest absolute Gasteiger partial charge is 0.180 e. The number of halogens is 1. The van der Waals surface area contributed by atoms with Gasteiger partial charge < -0.3 is 24.2 Å². The lowest BCUT2D eigenvalue weighted by Crippen LogP contribution is -2.46. The molecule has 6 rings (SSSR count). The average Bonchev–Trinajstić information content (AvgIpc) is 3.51. The number of aryl methyl sites for hydroxylation is 1. The van der Waals surface area contributed by atoms with Crippen molar-refractivity contribution in [3.05, 3.63) is 51.6 Å². The predicted molar refractivity (Wildman–Crippen MR) is 150 cm³/mol. The van der Waals surface area contributed by atoms with Gasteiger partial charge in [-0.05, 0) is 48.7 Å². The van der Waals surface area contributed by atoms with Crippen LogP contribution < -0.4 is 9.80 Å². The summed E-state index contributed by atoms with van der Waals surface area (Å²) in [6, 6.07) is 10.7. The van der Waals surface area contributed by atoms with Crippen LogP contribution in [0.15, 0.2) is 41.1 Å². The summed E-state index contributed by atoms with van der Waals surface area (Å²) in [6.07, 6.45) is 1.94. The molecule has 2 saturated heterocycles. The van der Waals surface area contributed by atoms with E-state index in [1.54, 1.807) is 0 Å². The molecular weight excluding hydrogens is 567 g/mol. The van der Waals surface area contributed by atoms with Crippen molar-refractivity contribution >= 4 is 45.1 Å². The third-order valence-corrected chi connectivity index (χ3v) is 7.98. The largest absolute Gasteiger partial charge is 0.369 e. The molecule has 0 saturated carbocycles. The molecule has 0 amide bonds. The first-order valence-corrected chi connectivity index (χ1v) is 13.6. The second kappa shape index (κ2) is 9.98. The van der Waals surface area contributed by atoms with Crippen molar-refractivity contribution in [2.45, 2.75) is 13.5 Å². The van der Waals surface area contributed by atoms with Crippen LogP contribution in [-0.4, -0.2) is 89.3 Å². The highest BCUT2D eigenvalue weighted by molar-refractivity contribution is 14.1. The van der Waals surface area contributed by atoms with Crippen molar-refractivity contribution in [3.8, 4) is 11.4 Å². The van der Waals surface area contributed by atoms with E-state index in [0.717, 1.165) is 96.5 Å². The van der Waals surface area contributed by atoms with E-state index >= 15 is 0 Å². The van der Waals surface area contributed by atoms with Crippen LogP contribution in [0, 0.1) is 10.5 Å². The number of nitrogens with one attached hydrogen (secondary N) is 1. The van der Waals surface area contributed by atoms with Crippen molar-refractivity contribution in [3.63, 3.8) is 0 Å². The maximum Gasteiger partial charge on any atom is 0.180 e. The number of aromatic amines is 1. The first-order chi connectivity index (χ1) is 17.5. The van der Waals surface area contributed by atoms with E-state index < -0.39 is 0 Å². The van der Waals surface area contributed by atoms with E-state index in [9.17, 15) is 0 Å². The number of hydrogen-bond donors (Lipinski definition) is 1. The molecule has 9 nitrogen and oxygen atoms in total. The van der Waals surface area contributed by atoms with Gasteiger partial charge in [-0.1, -0.05) is 17.3 Å². The van der Waals surface area contributed by atoms with Gasteiger partial charge in [0, 0.05) is 82.4 Å². The minimum atomic E-state index is 0.769. The summed E-state index contributed by atoms with van der Waals surface area (Å²) in [7, 11) is 2.19. The molecule has 10 heteroatoms. The SMILES string of the molecule is Cc1cc(CN2CCN(c3c(I)cnc4nc(-c5cccc(N6CCN(C)CC6)c5)[nH]c34)CC2)no1. The Morgan fingerprint density at radius 1 is 1.00 bits per heavy atom. The first-order valence-electron chi connectivity index (χ1n) is 12.5. The Morgan fingerprint density at radius 2 is 1.78 bits per heavy atom. The lowest BCUT2D eigenvalue weighted by atomic mass is 10.1. The van der Waals surface area contributed by atoms with Crippen molar-refractivity contribution in [2.75, 3.05) is 69.2 Å². The number of anilines is 2. The Balaban J connectivity index is 1.23. The Labute approximate surface area is 224 Å². The van der Waals surface area contributed by atoms with Crippen molar-refractivity contribution in [2.24, 2.45) is 0 Å². The van der Waals surface area contributed by atoms with Crippen LogP contribution in [0.2, 0.25) is 0 Å². The van der Waals surface area contributed by atoms with Crippen molar-refractivity contribution in [1.82, 2.24) is 29.9 Å². The van der Waals surface area contributed by atoms with Crippen LogP contribution in [0.5, 0.6) is 0 Å². The fraction of sp³-hybridized carbons (Fsp3) is 0.423. The van der Waals surface area contributed by atoms with Gasteiger partial charge in [-0.25, -0.2) is 9.97 Å². The molecule has 0 spiro atoms. The van der Waals surface area contributed by atoms with Gasteiger partial charge in [0.25, 0.3) is 0 Å². The number of likely N-dealkylation sites (N-methyl/N-ethyl adjacent to an activating group) is 1. The molecule has 0 aliphatic carbocycles. The van der Waals surface area contributed by atoms with E-state index in [1.807, 2.05) is 19.2 Å². The molecule has 0 bridgehead atoms. The number of H-pyrrole nitrogens is 1. The normalized spacial score (nSPS) is 17.9. The Hall–Kier alpha value is -2.70. The molecular formula is C26H31IN8O. The third-order valence-electron chi connectivity index (χ3n) is 7.19. The highest BCUT2D eigenvalue weighted by atomic mass is 127. The highest BCUT2D eigenvalue weighted by Crippen LogP contribution is 2.33. The average molecular weight is 598 g/mol. The lowest BCUT2D eigenvalue weighted by molar-refractivity contribution is 0.242. The van der Waals surface area contributed by atoms with Crippen molar-refractivity contribution < 1.29 is 4.52 Å². The first kappa shape index (κ1) is 23.7. The number of hydrogen-bond acceptors (Lipinski definition) is 8. The number of piperazine rings is 2. The van der Waals surface area contributed by atoms with Gasteiger partial charge in [0.05, 0.1) is 15.0 Å². The molecule has 2 aliphatic heterocycles. The molecule has 0 radical (unpaired) electrons. The van der Waals surface area contributed by atoms with E-state index in [4.69, 9.17) is 9.51 Å². The minimum absolute atomic E-state index is 0.769. The topological polar surface area (TPSA) is 80.6 Å². The maximum absolute atomic E-state index is 5.23. The second-order valence-corrected chi connectivity index (χ2v) is 10.9. The van der Waals surface area contributed by atoms with Crippen LogP contribution in [0.1, 0.15) is 11.5 Å². The maximum atomic E-state index is 5.23. The molecule has 188 valence electrons. The molecule has 5 heterocycles. The summed E-state index contributed by atoms with van der Waals surface area (Å²) < 4.78 is 6.38. The third kappa shape index (κ3) is 4.81. The van der Waals surface area contributed by atoms with Gasteiger partial charge >= 0.3 is 0 Å². The van der Waals surface area contributed by atoms with Gasteiger partial charge in [-0.3, -0.25) is 4.90 Å². The lowest BCUT2D eigenvalue weighted by Gasteiger charge is -2.36. The van der Waals surface area contributed by atoms with Crippen LogP contribution >= 0.6 is 22.6 Å². The number of nitrogens with zero attached hydrogens (tertiary/aromatic N) is 7. The number of rotatable bonds is 5. The molecule has 0 unspecified atom stereocenters. The summed E-state index contributed by atoms with van der Waals surface area (Å²) >= 11 is 2.40. The fourth-order valence-electron chi connectivity index (χ4n) is 5.13. The standard InChI is InChI=1S/C26H31IN8O/c1-18-14-20(31-36-18)17-33-8-12-35(13-9-33)24-22(27)16-28-26-23(24)29-25(30-26)19-4-3-5-21(15-19)34-10-6-32(2)7-11-34/h3-5,14-16H,6-13,17H2,1-2H3,(H,28,29,30). The Kier molecular flexibility index (Phi) is 6.57. The summed E-state index contributed by atoms with van der Waals surface area (Å²) in [5.41, 5.74) is 6.33. The fourth-order valence-corrected chi connectivity index (χ4v) is 5.88. The van der Waals surface area contributed by atoms with Crippen LogP contribution in [0.25, 0.3) is 22.6 Å². The number of aromatic nitrogens is 4. The van der Waals surface area contributed by atoms with Crippen LogP contribution in [-0.2, 0) is 6.54 Å². The highest BCUT2D eigenvalue weighted by Gasteiger charge is 2.24. The zero-order valence-electron chi connectivity index (χ0n) is 20.7. The zero-order valence-corrected chi connectivity index (χ0v) is 22.9. The summed E-state index contributed by atoms with van der Waals surface area (Å²) in [6.45, 7) is 10.9. The van der Waals surface area contributed by atoms with E-state index in [-0.39, 0.29) is 0 Å². The van der Waals surface area contributed by atoms with Crippen molar-refractivity contribution in [1.29, 1.82) is 0 Å². The quantitative estimate of drug-likeness (QED) is 0.350. The van der Waals surface area contributed by atoms with Gasteiger partial charge in [0.15, 0.2) is 5.65 Å². The molecule has 1 aromatic carbocycles. The number of fused-ring (bicyclic) bond motifs is 1.